The third-order valence-electron chi connectivity index (χ3n) is 9.28. The molecule has 1 fully saturated rings. The number of nitrogens with one attached hydrogen (secondary N) is 1. The fourth-order valence-electron chi connectivity index (χ4n) is 6.54. The van der Waals surface area contributed by atoms with Gasteiger partial charge < -0.3 is 19.1 Å². The van der Waals surface area contributed by atoms with Crippen LogP contribution >= 0.6 is 0 Å². The molecule has 1 atom stereocenters. The zero-order valence-corrected chi connectivity index (χ0v) is 29.3. The summed E-state index contributed by atoms with van der Waals surface area (Å²) in [5.41, 5.74) is 4.19. The van der Waals surface area contributed by atoms with Crippen LogP contribution in [0.2, 0.25) is 0 Å². The van der Waals surface area contributed by atoms with Gasteiger partial charge in [-0.1, -0.05) is 42.5 Å². The van der Waals surface area contributed by atoms with Crippen molar-refractivity contribution >= 4 is 52.6 Å². The van der Waals surface area contributed by atoms with E-state index in [0.717, 1.165) is 27.3 Å². The van der Waals surface area contributed by atoms with Crippen molar-refractivity contribution < 1.29 is 43.1 Å². The topological polar surface area (TPSA) is 175 Å². The molecular formula is C41H34N4O10. The molecule has 0 spiro atoms. The van der Waals surface area contributed by atoms with Crippen LogP contribution in [-0.2, 0) is 25.7 Å². The normalized spacial score (nSPS) is 17.2. The Morgan fingerprint density at radius 1 is 0.764 bits per heavy atom. The van der Waals surface area contributed by atoms with E-state index in [1.54, 1.807) is 41.3 Å². The van der Waals surface area contributed by atoms with Gasteiger partial charge in [0.15, 0.2) is 0 Å². The molecule has 3 aliphatic rings. The molecule has 4 aromatic carbocycles. The lowest BCUT2D eigenvalue weighted by Gasteiger charge is -2.27. The molecule has 0 saturated carbocycles. The van der Waals surface area contributed by atoms with Crippen molar-refractivity contribution in [3.05, 3.63) is 141 Å². The Labute approximate surface area is 314 Å². The lowest BCUT2D eigenvalue weighted by molar-refractivity contribution is -0.384. The van der Waals surface area contributed by atoms with Crippen molar-refractivity contribution in [2.24, 2.45) is 0 Å². The van der Waals surface area contributed by atoms with Gasteiger partial charge in [0.2, 0.25) is 11.8 Å². The predicted molar refractivity (Wildman–Crippen MR) is 199 cm³/mol. The molecule has 4 aromatic rings. The highest BCUT2D eigenvalue weighted by atomic mass is 16.6. The fourth-order valence-corrected chi connectivity index (χ4v) is 6.54. The minimum absolute atomic E-state index is 0.0126. The van der Waals surface area contributed by atoms with Crippen LogP contribution in [-0.4, -0.2) is 71.8 Å². The summed E-state index contributed by atoms with van der Waals surface area (Å²) in [5.74, 6) is -1.41. The van der Waals surface area contributed by atoms with Gasteiger partial charge in [0, 0.05) is 29.7 Å². The smallest absolute Gasteiger partial charge is 0.269 e. The number of para-hydroxylation sites is 1. The SMILES string of the molecule is O=C1CCC(N2C(=O)c3ccc(OCCOCCOc4ccc(CN5C(=O)C(=C/C=C/c6ccc([N+](=O)[O-])cc6)c6ccccc65)cc4)cc3C2=O)C(=O)N1. The number of anilines is 1. The zero-order chi connectivity index (χ0) is 38.5. The van der Waals surface area contributed by atoms with Gasteiger partial charge in [0.25, 0.3) is 23.4 Å². The number of hydrogen-bond donors (Lipinski definition) is 1. The summed E-state index contributed by atoms with van der Waals surface area (Å²) in [6, 6.07) is 24.7. The first-order valence-corrected chi connectivity index (χ1v) is 17.5. The number of carbonyl (C=O) groups excluding carboxylic acids is 5. The Morgan fingerprint density at radius 2 is 1.45 bits per heavy atom. The second kappa shape index (κ2) is 16.0. The number of benzene rings is 4. The Kier molecular flexibility index (Phi) is 10.6. The van der Waals surface area contributed by atoms with Crippen LogP contribution in [0.3, 0.4) is 0 Å². The van der Waals surface area contributed by atoms with Crippen molar-refractivity contribution in [2.45, 2.75) is 25.4 Å². The van der Waals surface area contributed by atoms with Crippen LogP contribution in [0.15, 0.2) is 103 Å². The maximum atomic E-state index is 13.5. The molecule has 14 heteroatoms. The second-order valence-electron chi connectivity index (χ2n) is 12.8. The summed E-state index contributed by atoms with van der Waals surface area (Å²) in [7, 11) is 0. The minimum Gasteiger partial charge on any atom is -0.491 e. The lowest BCUT2D eigenvalue weighted by Crippen LogP contribution is -2.54. The first kappa shape index (κ1) is 36.4. The van der Waals surface area contributed by atoms with Gasteiger partial charge in [0.1, 0.15) is 30.8 Å². The molecule has 0 aromatic heterocycles. The van der Waals surface area contributed by atoms with E-state index in [-0.39, 0.29) is 62.0 Å². The molecule has 1 saturated heterocycles. The number of allylic oxidation sites excluding steroid dienone is 2. The summed E-state index contributed by atoms with van der Waals surface area (Å²) in [4.78, 5) is 76.3. The summed E-state index contributed by atoms with van der Waals surface area (Å²) < 4.78 is 17.2. The molecule has 5 amide bonds. The van der Waals surface area contributed by atoms with E-state index in [4.69, 9.17) is 14.2 Å². The van der Waals surface area contributed by atoms with Crippen molar-refractivity contribution in [1.29, 1.82) is 0 Å². The molecule has 3 aliphatic heterocycles. The Morgan fingerprint density at radius 3 is 2.18 bits per heavy atom. The molecule has 55 heavy (non-hydrogen) atoms. The summed E-state index contributed by atoms with van der Waals surface area (Å²) in [6.07, 6.45) is 5.44. The zero-order valence-electron chi connectivity index (χ0n) is 29.3. The number of amides is 5. The van der Waals surface area contributed by atoms with Crippen LogP contribution in [0.5, 0.6) is 11.5 Å². The summed E-state index contributed by atoms with van der Waals surface area (Å²) >= 11 is 0. The molecular weight excluding hydrogens is 708 g/mol. The second-order valence-corrected chi connectivity index (χ2v) is 12.8. The van der Waals surface area contributed by atoms with E-state index in [1.807, 2.05) is 48.5 Å². The van der Waals surface area contributed by atoms with Crippen molar-refractivity contribution in [3.63, 3.8) is 0 Å². The molecule has 7 rings (SSSR count). The van der Waals surface area contributed by atoms with Gasteiger partial charge in [-0.3, -0.25) is 44.3 Å². The fraction of sp³-hybridized carbons (Fsp3) is 0.195. The maximum absolute atomic E-state index is 13.5. The number of fused-ring (bicyclic) bond motifs is 2. The summed E-state index contributed by atoms with van der Waals surface area (Å²) in [5, 5.41) is 13.1. The highest BCUT2D eigenvalue weighted by Gasteiger charge is 2.44. The average Bonchev–Trinajstić information content (AvgIpc) is 3.59. The van der Waals surface area contributed by atoms with Gasteiger partial charge in [-0.25, -0.2) is 0 Å². The number of carbonyl (C=O) groups is 5. The quantitative estimate of drug-likeness (QED) is 0.0601. The van der Waals surface area contributed by atoms with Crippen LogP contribution in [0.25, 0.3) is 11.6 Å². The van der Waals surface area contributed by atoms with E-state index >= 15 is 0 Å². The number of imide groups is 2. The number of rotatable bonds is 14. The first-order chi connectivity index (χ1) is 26.7. The molecule has 1 unspecified atom stereocenters. The highest BCUT2D eigenvalue weighted by Crippen LogP contribution is 2.38. The molecule has 278 valence electrons. The predicted octanol–water partition coefficient (Wildman–Crippen LogP) is 5.11. The van der Waals surface area contributed by atoms with E-state index in [2.05, 4.69) is 5.32 Å². The number of ether oxygens (including phenoxy) is 3. The van der Waals surface area contributed by atoms with Gasteiger partial charge >= 0.3 is 0 Å². The van der Waals surface area contributed by atoms with Crippen LogP contribution in [0, 0.1) is 10.1 Å². The Bertz CT molecular complexity index is 2250. The Hall–Kier alpha value is -6.93. The van der Waals surface area contributed by atoms with Gasteiger partial charge in [-0.2, -0.15) is 0 Å². The van der Waals surface area contributed by atoms with Gasteiger partial charge in [-0.15, -0.1) is 0 Å². The number of nitro groups is 1. The van der Waals surface area contributed by atoms with E-state index in [1.165, 1.54) is 24.3 Å². The van der Waals surface area contributed by atoms with Crippen LogP contribution in [0.4, 0.5) is 11.4 Å². The number of non-ortho nitro benzene ring substituents is 1. The number of piperidine rings is 1. The molecule has 0 radical (unpaired) electrons. The van der Waals surface area contributed by atoms with Crippen LogP contribution in [0.1, 0.15) is 50.2 Å². The monoisotopic (exact) mass is 742 g/mol. The standard InChI is InChI=1S/C41H34N4O10/c46-37-19-18-36(38(47)42-37)44-40(49)33-17-16-30(24-34(33)41(44)50)55-23-21-53-20-22-54-29-14-10-27(11-15-29)25-43-35-7-2-1-5-31(35)32(39(43)48)6-3-4-26-8-12-28(13-9-26)45(51)52/h1-17,24,36H,18-23,25H2,(H,42,46,47)/b4-3+,32-6?. The molecule has 0 aliphatic carbocycles. The number of nitrogens with zero attached hydrogens (tertiary/aromatic N) is 3. The third-order valence-corrected chi connectivity index (χ3v) is 9.28. The third kappa shape index (κ3) is 7.89. The average molecular weight is 743 g/mol. The van der Waals surface area contributed by atoms with E-state index < -0.39 is 34.6 Å². The number of hydrogen-bond acceptors (Lipinski definition) is 10. The number of nitro benzene ring substituents is 1. The maximum Gasteiger partial charge on any atom is 0.269 e. The van der Waals surface area contributed by atoms with E-state index in [0.29, 0.717) is 23.6 Å². The van der Waals surface area contributed by atoms with E-state index in [9.17, 15) is 34.1 Å². The summed E-state index contributed by atoms with van der Waals surface area (Å²) in [6.45, 7) is 1.34. The minimum atomic E-state index is -1.03. The first-order valence-electron chi connectivity index (χ1n) is 17.5. The largest absolute Gasteiger partial charge is 0.491 e. The van der Waals surface area contributed by atoms with Crippen molar-refractivity contribution in [3.8, 4) is 11.5 Å². The van der Waals surface area contributed by atoms with Crippen molar-refractivity contribution in [2.75, 3.05) is 31.3 Å². The van der Waals surface area contributed by atoms with Gasteiger partial charge in [0.05, 0.1) is 41.5 Å². The molecule has 3 heterocycles. The Balaban J connectivity index is 0.851. The molecule has 1 N–H and O–H groups in total. The van der Waals surface area contributed by atoms with Gasteiger partial charge in [-0.05, 0) is 72.2 Å². The van der Waals surface area contributed by atoms with Crippen molar-refractivity contribution in [1.82, 2.24) is 10.2 Å². The lowest BCUT2D eigenvalue weighted by atomic mass is 10.0. The highest BCUT2D eigenvalue weighted by molar-refractivity contribution is 6.32. The molecule has 14 nitrogen and oxygen atoms in total. The van der Waals surface area contributed by atoms with Crippen LogP contribution < -0.4 is 19.7 Å². The molecule has 0 bridgehead atoms.